The molecule has 0 bridgehead atoms. The Labute approximate surface area is 157 Å². The van der Waals surface area contributed by atoms with Crippen molar-refractivity contribution in [3.63, 3.8) is 0 Å². The number of hydrogen-bond donors (Lipinski definition) is 0. The molecule has 2 nitrogen and oxygen atoms in total. The molecule has 5 heteroatoms. The lowest BCUT2D eigenvalue weighted by molar-refractivity contribution is 0.108. The molecule has 0 aliphatic heterocycles. The number of hydrogen-bond acceptors (Lipinski definition) is 2. The maximum absolute atomic E-state index is 11.7. The third-order valence-corrected chi connectivity index (χ3v) is 6.50. The van der Waals surface area contributed by atoms with Crippen LogP contribution in [0.15, 0.2) is 78.9 Å². The maximum Gasteiger partial charge on any atom is 0.252 e. The van der Waals surface area contributed by atoms with Gasteiger partial charge in [-0.1, -0.05) is 60.7 Å². The summed E-state index contributed by atoms with van der Waals surface area (Å²) in [5.74, 6) is 0. The third kappa shape index (κ3) is 4.16. The maximum atomic E-state index is 11.7. The van der Waals surface area contributed by atoms with Crippen molar-refractivity contribution in [2.75, 3.05) is 0 Å². The van der Waals surface area contributed by atoms with Gasteiger partial charge in [0.25, 0.3) is 10.5 Å². The van der Waals surface area contributed by atoms with Crippen LogP contribution in [-0.2, 0) is 0 Å². The molecule has 0 N–H and O–H groups in total. The Kier molecular flexibility index (Phi) is 5.65. The van der Waals surface area contributed by atoms with E-state index in [4.69, 9.17) is 23.2 Å². The Balaban J connectivity index is 2.23. The summed E-state index contributed by atoms with van der Waals surface area (Å²) in [5, 5.41) is 1.84. The van der Waals surface area contributed by atoms with Crippen molar-refractivity contribution in [3.8, 4) is 0 Å². The van der Waals surface area contributed by atoms with E-state index in [-0.39, 0.29) is 11.1 Å². The van der Waals surface area contributed by atoms with Crippen LogP contribution in [0.5, 0.6) is 0 Å². The Bertz CT molecular complexity index is 840. The number of carbonyl (C=O) groups is 2. The second-order valence-electron chi connectivity index (χ2n) is 5.32. The zero-order chi connectivity index (χ0) is 17.8. The average Bonchev–Trinajstić information content (AvgIpc) is 2.63. The minimum absolute atomic E-state index is 0.266. The minimum Gasteiger partial charge on any atom is -0.276 e. The van der Waals surface area contributed by atoms with Gasteiger partial charge >= 0.3 is 0 Å². The van der Waals surface area contributed by atoms with E-state index in [1.165, 1.54) is 6.07 Å². The Morgan fingerprint density at radius 3 is 1.36 bits per heavy atom. The first-order valence-electron chi connectivity index (χ1n) is 7.51. The first-order chi connectivity index (χ1) is 12.1. The highest BCUT2D eigenvalue weighted by Crippen LogP contribution is 2.33. The quantitative estimate of drug-likeness (QED) is 0.486. The van der Waals surface area contributed by atoms with Gasteiger partial charge in [0, 0.05) is 11.1 Å². The fraction of sp³-hybridized carbons (Fsp3) is 0. The van der Waals surface area contributed by atoms with Gasteiger partial charge in [-0.05, 0) is 65.2 Å². The largest absolute Gasteiger partial charge is 0.276 e. The van der Waals surface area contributed by atoms with Crippen LogP contribution in [-0.4, -0.2) is 10.5 Å². The molecule has 3 aromatic carbocycles. The lowest BCUT2D eigenvalue weighted by Crippen LogP contribution is -2.22. The molecule has 0 heterocycles. The van der Waals surface area contributed by atoms with Crippen molar-refractivity contribution in [2.45, 2.75) is 0 Å². The van der Waals surface area contributed by atoms with E-state index in [1.807, 2.05) is 60.7 Å². The van der Waals surface area contributed by atoms with Crippen LogP contribution in [0.4, 0.5) is 0 Å². The normalized spacial score (nSPS) is 10.7. The summed E-state index contributed by atoms with van der Waals surface area (Å²) in [4.78, 5) is 23.4. The number of benzene rings is 3. The fourth-order valence-corrected chi connectivity index (χ4v) is 5.16. The van der Waals surface area contributed by atoms with E-state index in [0.29, 0.717) is 0 Å². The van der Waals surface area contributed by atoms with Crippen LogP contribution < -0.4 is 15.9 Å². The second-order valence-corrected chi connectivity index (χ2v) is 8.23. The molecule has 0 atom stereocenters. The molecule has 0 spiro atoms. The van der Waals surface area contributed by atoms with Gasteiger partial charge in [0.05, 0.1) is 0 Å². The second kappa shape index (κ2) is 7.93. The molecule has 0 unspecified atom stereocenters. The van der Waals surface area contributed by atoms with Gasteiger partial charge < -0.3 is 0 Å². The van der Waals surface area contributed by atoms with E-state index >= 15 is 0 Å². The van der Waals surface area contributed by atoms with Crippen molar-refractivity contribution < 1.29 is 9.59 Å². The number of halogens is 2. The van der Waals surface area contributed by atoms with Crippen molar-refractivity contribution in [1.82, 2.24) is 0 Å². The summed E-state index contributed by atoms with van der Waals surface area (Å²) in [7, 11) is -0.950. The van der Waals surface area contributed by atoms with Gasteiger partial charge in [-0.25, -0.2) is 0 Å². The Morgan fingerprint density at radius 1 is 0.600 bits per heavy atom. The molecule has 0 saturated heterocycles. The molecule has 0 radical (unpaired) electrons. The minimum atomic E-state index is -0.950. The highest BCUT2D eigenvalue weighted by atomic mass is 35.5. The molecule has 0 amide bonds. The smallest absolute Gasteiger partial charge is 0.252 e. The van der Waals surface area contributed by atoms with E-state index in [1.54, 1.807) is 12.1 Å². The predicted molar refractivity (Wildman–Crippen MR) is 106 cm³/mol. The van der Waals surface area contributed by atoms with Crippen molar-refractivity contribution >= 4 is 57.5 Å². The van der Waals surface area contributed by atoms with Gasteiger partial charge in [-0.2, -0.15) is 0 Å². The van der Waals surface area contributed by atoms with Crippen LogP contribution in [0.25, 0.3) is 0 Å². The van der Waals surface area contributed by atoms with Gasteiger partial charge in [-0.3, -0.25) is 9.59 Å². The van der Waals surface area contributed by atoms with Crippen LogP contribution in [0.2, 0.25) is 0 Å². The van der Waals surface area contributed by atoms with E-state index < -0.39 is 18.4 Å². The first-order valence-corrected chi connectivity index (χ1v) is 9.61. The van der Waals surface area contributed by atoms with Gasteiger partial charge in [-0.15, -0.1) is 0 Å². The molecular weight excluding hydrogens is 374 g/mol. The SMILES string of the molecule is O=C(Cl)c1cc(C(=O)Cl)cc(P(c2ccccc2)c2ccccc2)c1. The van der Waals surface area contributed by atoms with Crippen LogP contribution >= 0.6 is 31.1 Å². The molecule has 124 valence electrons. The molecule has 0 fully saturated rings. The summed E-state index contributed by atoms with van der Waals surface area (Å²) in [6, 6.07) is 24.8. The number of rotatable bonds is 5. The highest BCUT2D eigenvalue weighted by Gasteiger charge is 2.20. The third-order valence-electron chi connectivity index (χ3n) is 3.66. The van der Waals surface area contributed by atoms with Gasteiger partial charge in [0.1, 0.15) is 0 Å². The fourth-order valence-electron chi connectivity index (χ4n) is 2.57. The van der Waals surface area contributed by atoms with Crippen LogP contribution in [0.1, 0.15) is 20.7 Å². The summed E-state index contributed by atoms with van der Waals surface area (Å²) in [6.07, 6.45) is 0. The first kappa shape index (κ1) is 17.8. The Morgan fingerprint density at radius 2 is 1.00 bits per heavy atom. The van der Waals surface area contributed by atoms with Crippen molar-refractivity contribution in [2.24, 2.45) is 0 Å². The van der Waals surface area contributed by atoms with Gasteiger partial charge in [0.15, 0.2) is 0 Å². The predicted octanol–water partition coefficient (Wildman–Crippen LogP) is 4.20. The molecule has 0 aliphatic rings. The van der Waals surface area contributed by atoms with Crippen molar-refractivity contribution in [1.29, 1.82) is 0 Å². The lowest BCUT2D eigenvalue weighted by Gasteiger charge is -2.20. The van der Waals surface area contributed by atoms with Crippen LogP contribution in [0, 0.1) is 0 Å². The number of carbonyl (C=O) groups excluding carboxylic acids is 2. The lowest BCUT2D eigenvalue weighted by atomic mass is 10.1. The topological polar surface area (TPSA) is 34.1 Å². The summed E-state index contributed by atoms with van der Waals surface area (Å²) in [5.41, 5.74) is 0.532. The molecule has 0 aliphatic carbocycles. The van der Waals surface area contributed by atoms with Crippen molar-refractivity contribution in [3.05, 3.63) is 90.0 Å². The molecule has 0 aromatic heterocycles. The molecule has 3 rings (SSSR count). The average molecular weight is 387 g/mol. The standard InChI is InChI=1S/C20H13Cl2O2P/c21-19(23)14-11-15(20(22)24)13-18(12-14)25(16-7-3-1-4-8-16)17-9-5-2-6-10-17/h1-13H. The zero-order valence-electron chi connectivity index (χ0n) is 13.0. The van der Waals surface area contributed by atoms with Gasteiger partial charge in [0.2, 0.25) is 0 Å². The monoisotopic (exact) mass is 386 g/mol. The molecular formula is C20H13Cl2O2P. The summed E-state index contributed by atoms with van der Waals surface area (Å²) in [6.45, 7) is 0. The van der Waals surface area contributed by atoms with E-state index in [9.17, 15) is 9.59 Å². The van der Waals surface area contributed by atoms with E-state index in [2.05, 4.69) is 0 Å². The molecule has 0 saturated carbocycles. The summed E-state index contributed by atoms with van der Waals surface area (Å²) >= 11 is 11.3. The Hall–Kier alpha value is -1.99. The molecule has 3 aromatic rings. The van der Waals surface area contributed by atoms with E-state index in [0.717, 1.165) is 15.9 Å². The van der Waals surface area contributed by atoms with Crippen LogP contribution in [0.3, 0.4) is 0 Å². The summed E-state index contributed by atoms with van der Waals surface area (Å²) < 4.78 is 0. The highest BCUT2D eigenvalue weighted by molar-refractivity contribution is 7.79. The zero-order valence-corrected chi connectivity index (χ0v) is 15.4. The molecule has 25 heavy (non-hydrogen) atoms.